The Bertz CT molecular complexity index is 352. The summed E-state index contributed by atoms with van der Waals surface area (Å²) >= 11 is 8.49. The van der Waals surface area contributed by atoms with Gasteiger partial charge < -0.3 is 0 Å². The summed E-state index contributed by atoms with van der Waals surface area (Å²) in [6.07, 6.45) is 7.93. The fraction of sp³-hybridized carbons (Fsp3) is 0.647. The smallest absolute Gasteiger partial charge is 0.0364 e. The fourth-order valence-electron chi connectivity index (χ4n) is 3.14. The van der Waals surface area contributed by atoms with Crippen molar-refractivity contribution in [1.82, 2.24) is 0 Å². The Morgan fingerprint density at radius 3 is 2.68 bits per heavy atom. The summed E-state index contributed by atoms with van der Waals surface area (Å²) in [5, 5.41) is 0.421. The average Bonchev–Trinajstić information content (AvgIpc) is 2.44. The molecule has 1 aromatic rings. The predicted molar refractivity (Wildman–Crippen MR) is 87.2 cm³/mol. The topological polar surface area (TPSA) is 0 Å². The maximum atomic E-state index is 6.52. The minimum atomic E-state index is 0.421. The summed E-state index contributed by atoms with van der Waals surface area (Å²) in [5.74, 6) is 2.88. The Hall–Kier alpha value is -0.140. The van der Waals surface area contributed by atoms with Crippen LogP contribution in [0.15, 0.2) is 35.2 Å². The Kier molecular flexibility index (Phi) is 6.59. The monoisotopic (exact) mass is 296 g/mol. The van der Waals surface area contributed by atoms with E-state index in [2.05, 4.69) is 37.3 Å². The summed E-state index contributed by atoms with van der Waals surface area (Å²) in [7, 11) is 0. The van der Waals surface area contributed by atoms with Crippen LogP contribution in [0.25, 0.3) is 0 Å². The molecule has 2 heteroatoms. The Morgan fingerprint density at radius 1 is 1.16 bits per heavy atom. The van der Waals surface area contributed by atoms with Gasteiger partial charge in [-0.15, -0.1) is 23.4 Å². The molecular formula is C17H25ClS. The average molecular weight is 297 g/mol. The molecule has 0 N–H and O–H groups in total. The first kappa shape index (κ1) is 15.3. The van der Waals surface area contributed by atoms with Gasteiger partial charge in [-0.25, -0.2) is 0 Å². The van der Waals surface area contributed by atoms with E-state index in [1.807, 2.05) is 11.8 Å². The maximum absolute atomic E-state index is 6.52. The Morgan fingerprint density at radius 2 is 1.95 bits per heavy atom. The van der Waals surface area contributed by atoms with Gasteiger partial charge in [0.25, 0.3) is 0 Å². The molecule has 0 aromatic heterocycles. The van der Waals surface area contributed by atoms with Gasteiger partial charge >= 0.3 is 0 Å². The molecule has 1 saturated carbocycles. The second-order valence-electron chi connectivity index (χ2n) is 5.69. The summed E-state index contributed by atoms with van der Waals surface area (Å²) < 4.78 is 0. The highest BCUT2D eigenvalue weighted by Gasteiger charge is 2.28. The van der Waals surface area contributed by atoms with Crippen molar-refractivity contribution >= 4 is 23.4 Å². The van der Waals surface area contributed by atoms with Crippen LogP contribution >= 0.6 is 23.4 Å². The van der Waals surface area contributed by atoms with Gasteiger partial charge in [0.15, 0.2) is 0 Å². The zero-order valence-electron chi connectivity index (χ0n) is 11.9. The van der Waals surface area contributed by atoms with E-state index in [4.69, 9.17) is 11.6 Å². The number of hydrogen-bond donors (Lipinski definition) is 0. The zero-order valence-corrected chi connectivity index (χ0v) is 13.4. The first-order valence-corrected chi connectivity index (χ1v) is 9.03. The van der Waals surface area contributed by atoms with Crippen LogP contribution in [0.1, 0.15) is 45.4 Å². The van der Waals surface area contributed by atoms with E-state index in [-0.39, 0.29) is 0 Å². The van der Waals surface area contributed by atoms with Crippen LogP contribution in [0, 0.1) is 11.8 Å². The maximum Gasteiger partial charge on any atom is 0.0364 e. The van der Waals surface area contributed by atoms with Crippen LogP contribution < -0.4 is 0 Å². The van der Waals surface area contributed by atoms with Crippen LogP contribution in [-0.2, 0) is 0 Å². The molecular weight excluding hydrogens is 272 g/mol. The zero-order chi connectivity index (χ0) is 13.5. The highest BCUT2D eigenvalue weighted by Crippen LogP contribution is 2.37. The SMILES string of the molecule is CCCC1CCC(Cl)C(CCSc2ccccc2)C1. The fourth-order valence-corrected chi connectivity index (χ4v) is 4.50. The normalized spacial score (nSPS) is 27.4. The number of halogens is 1. The molecule has 1 aliphatic carbocycles. The van der Waals surface area contributed by atoms with E-state index in [1.165, 1.54) is 49.2 Å². The molecule has 1 aromatic carbocycles. The van der Waals surface area contributed by atoms with Crippen molar-refractivity contribution in [3.05, 3.63) is 30.3 Å². The minimum Gasteiger partial charge on any atom is -0.126 e. The number of benzene rings is 1. The van der Waals surface area contributed by atoms with E-state index in [0.717, 1.165) is 11.8 Å². The van der Waals surface area contributed by atoms with Crippen molar-refractivity contribution < 1.29 is 0 Å². The second kappa shape index (κ2) is 8.21. The number of rotatable bonds is 6. The summed E-state index contributed by atoms with van der Waals surface area (Å²) in [5.41, 5.74) is 0. The van der Waals surface area contributed by atoms with Crippen molar-refractivity contribution in [3.63, 3.8) is 0 Å². The molecule has 0 bridgehead atoms. The molecule has 2 rings (SSSR count). The molecule has 106 valence electrons. The lowest BCUT2D eigenvalue weighted by atomic mass is 9.78. The molecule has 0 aliphatic heterocycles. The van der Waals surface area contributed by atoms with Crippen LogP contribution in [0.5, 0.6) is 0 Å². The van der Waals surface area contributed by atoms with E-state index in [0.29, 0.717) is 5.38 Å². The second-order valence-corrected chi connectivity index (χ2v) is 7.42. The Balaban J connectivity index is 1.74. The van der Waals surface area contributed by atoms with Gasteiger partial charge in [0.05, 0.1) is 0 Å². The third-order valence-corrected chi connectivity index (χ3v) is 5.82. The number of alkyl halides is 1. The summed E-state index contributed by atoms with van der Waals surface area (Å²) in [6, 6.07) is 10.7. The largest absolute Gasteiger partial charge is 0.126 e. The van der Waals surface area contributed by atoms with Crippen LogP contribution in [0.4, 0.5) is 0 Å². The minimum absolute atomic E-state index is 0.421. The van der Waals surface area contributed by atoms with Gasteiger partial charge in [-0.3, -0.25) is 0 Å². The first-order valence-electron chi connectivity index (χ1n) is 7.61. The number of thioether (sulfide) groups is 1. The van der Waals surface area contributed by atoms with E-state index in [1.54, 1.807) is 0 Å². The van der Waals surface area contributed by atoms with Crippen molar-refractivity contribution in [2.75, 3.05) is 5.75 Å². The van der Waals surface area contributed by atoms with E-state index in [9.17, 15) is 0 Å². The predicted octanol–water partition coefficient (Wildman–Crippen LogP) is 5.99. The molecule has 0 heterocycles. The lowest BCUT2D eigenvalue weighted by Crippen LogP contribution is -2.26. The van der Waals surface area contributed by atoms with Crippen molar-refractivity contribution in [2.24, 2.45) is 11.8 Å². The first-order chi connectivity index (χ1) is 9.29. The summed E-state index contributed by atoms with van der Waals surface area (Å²) in [4.78, 5) is 1.38. The quantitative estimate of drug-likeness (QED) is 0.459. The van der Waals surface area contributed by atoms with Gasteiger partial charge in [-0.05, 0) is 55.4 Å². The van der Waals surface area contributed by atoms with E-state index < -0.39 is 0 Å². The van der Waals surface area contributed by atoms with E-state index >= 15 is 0 Å². The molecule has 3 unspecified atom stereocenters. The van der Waals surface area contributed by atoms with Crippen LogP contribution in [0.3, 0.4) is 0 Å². The van der Waals surface area contributed by atoms with Crippen molar-refractivity contribution in [3.8, 4) is 0 Å². The third-order valence-electron chi connectivity index (χ3n) is 4.20. The number of hydrogen-bond acceptors (Lipinski definition) is 1. The Labute approximate surface area is 127 Å². The van der Waals surface area contributed by atoms with Gasteiger partial charge in [0.1, 0.15) is 0 Å². The van der Waals surface area contributed by atoms with Gasteiger partial charge in [0, 0.05) is 10.3 Å². The summed E-state index contributed by atoms with van der Waals surface area (Å²) in [6.45, 7) is 2.30. The molecule has 1 fully saturated rings. The highest BCUT2D eigenvalue weighted by molar-refractivity contribution is 7.99. The molecule has 0 saturated heterocycles. The molecule has 0 spiro atoms. The van der Waals surface area contributed by atoms with Gasteiger partial charge in [-0.1, -0.05) is 38.0 Å². The molecule has 1 aliphatic rings. The molecule has 3 atom stereocenters. The highest BCUT2D eigenvalue weighted by atomic mass is 35.5. The lowest BCUT2D eigenvalue weighted by molar-refractivity contribution is 0.254. The van der Waals surface area contributed by atoms with Crippen molar-refractivity contribution in [2.45, 2.75) is 55.7 Å². The molecule has 0 nitrogen and oxygen atoms in total. The van der Waals surface area contributed by atoms with Gasteiger partial charge in [-0.2, -0.15) is 0 Å². The lowest BCUT2D eigenvalue weighted by Gasteiger charge is -2.33. The van der Waals surface area contributed by atoms with Crippen LogP contribution in [0.2, 0.25) is 0 Å². The van der Waals surface area contributed by atoms with Crippen LogP contribution in [-0.4, -0.2) is 11.1 Å². The molecule has 19 heavy (non-hydrogen) atoms. The van der Waals surface area contributed by atoms with Crippen molar-refractivity contribution in [1.29, 1.82) is 0 Å². The van der Waals surface area contributed by atoms with Gasteiger partial charge in [0.2, 0.25) is 0 Å². The third kappa shape index (κ3) is 5.04. The molecule has 0 amide bonds. The standard InChI is InChI=1S/C17H25ClS/c1-2-6-14-9-10-17(18)15(13-14)11-12-19-16-7-4-3-5-8-16/h3-5,7-8,14-15,17H,2,6,9-13H2,1H3. The molecule has 0 radical (unpaired) electrons.